The van der Waals surface area contributed by atoms with Crippen LogP contribution in [0.1, 0.15) is 38.2 Å². The minimum absolute atomic E-state index is 0.0240. The standard InChI is InChI=1S/C19H26N4O5/c1-2-21(12-18(24)25)17-9-14(10-17)20-19(26)22(15-7-8-15)11-13-3-5-16(6-4-13)23(27)28/h3-6,14-15,17H,2,7-12H2,1H3,(H,20,26)(H,24,25). The Morgan fingerprint density at radius 3 is 2.36 bits per heavy atom. The van der Waals surface area contributed by atoms with E-state index < -0.39 is 10.9 Å². The normalized spacial score (nSPS) is 21.1. The van der Waals surface area contributed by atoms with Crippen molar-refractivity contribution in [2.24, 2.45) is 0 Å². The lowest BCUT2D eigenvalue weighted by Crippen LogP contribution is -2.57. The molecule has 0 radical (unpaired) electrons. The van der Waals surface area contributed by atoms with E-state index in [2.05, 4.69) is 5.32 Å². The number of nitrogens with one attached hydrogen (secondary N) is 1. The number of nitro groups is 1. The second-order valence-electron chi connectivity index (χ2n) is 7.51. The van der Waals surface area contributed by atoms with Gasteiger partial charge in [-0.1, -0.05) is 19.1 Å². The molecule has 9 heteroatoms. The summed E-state index contributed by atoms with van der Waals surface area (Å²) in [5.74, 6) is -0.836. The van der Waals surface area contributed by atoms with Crippen LogP contribution in [0.25, 0.3) is 0 Å². The molecule has 0 bridgehead atoms. The Bertz CT molecular complexity index is 728. The smallest absolute Gasteiger partial charge is 0.318 e. The molecule has 0 atom stereocenters. The summed E-state index contributed by atoms with van der Waals surface area (Å²) in [7, 11) is 0. The summed E-state index contributed by atoms with van der Waals surface area (Å²) in [6.45, 7) is 3.06. The maximum absolute atomic E-state index is 12.7. The molecule has 2 N–H and O–H groups in total. The highest BCUT2D eigenvalue weighted by Crippen LogP contribution is 2.30. The van der Waals surface area contributed by atoms with Crippen molar-refractivity contribution in [3.05, 3.63) is 39.9 Å². The zero-order valence-corrected chi connectivity index (χ0v) is 15.9. The molecule has 9 nitrogen and oxygen atoms in total. The van der Waals surface area contributed by atoms with E-state index in [1.54, 1.807) is 17.0 Å². The largest absolute Gasteiger partial charge is 0.480 e. The first-order valence-corrected chi connectivity index (χ1v) is 9.63. The van der Waals surface area contributed by atoms with Crippen LogP contribution in [0.4, 0.5) is 10.5 Å². The summed E-state index contributed by atoms with van der Waals surface area (Å²) < 4.78 is 0. The molecule has 0 saturated heterocycles. The molecule has 1 aromatic carbocycles. The third-order valence-corrected chi connectivity index (χ3v) is 5.45. The number of nitro benzene ring substituents is 1. The van der Waals surface area contributed by atoms with Gasteiger partial charge in [-0.25, -0.2) is 4.79 Å². The highest BCUT2D eigenvalue weighted by atomic mass is 16.6. The van der Waals surface area contributed by atoms with Gasteiger partial charge in [-0.15, -0.1) is 0 Å². The molecular weight excluding hydrogens is 364 g/mol. The third-order valence-electron chi connectivity index (χ3n) is 5.45. The molecule has 2 saturated carbocycles. The van der Waals surface area contributed by atoms with Crippen LogP contribution in [-0.4, -0.2) is 63.0 Å². The highest BCUT2D eigenvalue weighted by molar-refractivity contribution is 5.75. The maximum Gasteiger partial charge on any atom is 0.318 e. The topological polar surface area (TPSA) is 116 Å². The summed E-state index contributed by atoms with van der Waals surface area (Å²) in [6.07, 6.45) is 3.44. The van der Waals surface area contributed by atoms with E-state index >= 15 is 0 Å². The van der Waals surface area contributed by atoms with E-state index in [-0.39, 0.29) is 36.4 Å². The number of carboxylic acids is 1. The van der Waals surface area contributed by atoms with E-state index in [4.69, 9.17) is 5.11 Å². The lowest BCUT2D eigenvalue weighted by atomic mass is 9.85. The van der Waals surface area contributed by atoms with Gasteiger partial charge in [0, 0.05) is 36.8 Å². The molecule has 1 aromatic rings. The summed E-state index contributed by atoms with van der Waals surface area (Å²) >= 11 is 0. The Kier molecular flexibility index (Phi) is 6.13. The van der Waals surface area contributed by atoms with E-state index in [0.717, 1.165) is 31.2 Å². The lowest BCUT2D eigenvalue weighted by molar-refractivity contribution is -0.384. The van der Waals surface area contributed by atoms with Crippen molar-refractivity contribution in [2.45, 2.75) is 57.3 Å². The molecule has 2 fully saturated rings. The van der Waals surface area contributed by atoms with Gasteiger partial charge in [-0.3, -0.25) is 19.8 Å². The third kappa shape index (κ3) is 4.98. The van der Waals surface area contributed by atoms with Crippen molar-refractivity contribution >= 4 is 17.7 Å². The Hall–Kier alpha value is -2.68. The summed E-state index contributed by atoms with van der Waals surface area (Å²) in [5.41, 5.74) is 0.895. The number of carbonyl (C=O) groups is 2. The van der Waals surface area contributed by atoms with E-state index in [9.17, 15) is 19.7 Å². The van der Waals surface area contributed by atoms with Gasteiger partial charge in [0.25, 0.3) is 5.69 Å². The van der Waals surface area contributed by atoms with Gasteiger partial charge in [0.1, 0.15) is 0 Å². The lowest BCUT2D eigenvalue weighted by Gasteiger charge is -2.42. The van der Waals surface area contributed by atoms with Crippen LogP contribution in [0.5, 0.6) is 0 Å². The van der Waals surface area contributed by atoms with Crippen molar-refractivity contribution in [1.29, 1.82) is 0 Å². The monoisotopic (exact) mass is 390 g/mol. The van der Waals surface area contributed by atoms with Gasteiger partial charge in [0.2, 0.25) is 0 Å². The first-order valence-electron chi connectivity index (χ1n) is 9.63. The number of urea groups is 1. The number of non-ortho nitro benzene ring substituents is 1. The molecule has 152 valence electrons. The SMILES string of the molecule is CCN(CC(=O)O)C1CC(NC(=O)N(Cc2ccc([N+](=O)[O-])cc2)C2CC2)C1. The van der Waals surface area contributed by atoms with Gasteiger partial charge in [-0.2, -0.15) is 0 Å². The molecular formula is C19H26N4O5. The zero-order valence-electron chi connectivity index (χ0n) is 15.9. The minimum Gasteiger partial charge on any atom is -0.480 e. The molecule has 0 spiro atoms. The highest BCUT2D eigenvalue weighted by Gasteiger charge is 2.38. The van der Waals surface area contributed by atoms with E-state index in [1.165, 1.54) is 12.1 Å². The van der Waals surface area contributed by atoms with Crippen molar-refractivity contribution < 1.29 is 19.6 Å². The average Bonchev–Trinajstić information content (AvgIpc) is 3.45. The Balaban J connectivity index is 1.52. The second kappa shape index (κ2) is 8.55. The predicted octanol–water partition coefficient (Wildman–Crippen LogP) is 2.21. The number of hydrogen-bond donors (Lipinski definition) is 2. The van der Waals surface area contributed by atoms with Crippen LogP contribution >= 0.6 is 0 Å². The van der Waals surface area contributed by atoms with Gasteiger partial charge < -0.3 is 15.3 Å². The Morgan fingerprint density at radius 2 is 1.86 bits per heavy atom. The Labute approximate surface area is 163 Å². The minimum atomic E-state index is -0.836. The van der Waals surface area contributed by atoms with Crippen molar-refractivity contribution in [3.63, 3.8) is 0 Å². The quantitative estimate of drug-likeness (QED) is 0.493. The van der Waals surface area contributed by atoms with Gasteiger partial charge in [0.15, 0.2) is 0 Å². The number of rotatable bonds is 9. The van der Waals surface area contributed by atoms with E-state index in [1.807, 2.05) is 11.8 Å². The number of likely N-dealkylation sites (N-methyl/N-ethyl adjacent to an activating group) is 1. The van der Waals surface area contributed by atoms with Crippen molar-refractivity contribution in [3.8, 4) is 0 Å². The van der Waals surface area contributed by atoms with Gasteiger partial charge in [-0.05, 0) is 37.8 Å². The van der Waals surface area contributed by atoms with Crippen LogP contribution in [0.3, 0.4) is 0 Å². The molecule has 0 aromatic heterocycles. The van der Waals surface area contributed by atoms with Crippen LogP contribution in [0.15, 0.2) is 24.3 Å². The summed E-state index contributed by atoms with van der Waals surface area (Å²) in [5, 5.41) is 22.8. The molecule has 0 unspecified atom stereocenters. The number of nitrogens with zero attached hydrogens (tertiary/aromatic N) is 3. The maximum atomic E-state index is 12.7. The fraction of sp³-hybridized carbons (Fsp3) is 0.579. The number of amides is 2. The number of carboxylic acid groups (broad SMARTS) is 1. The molecule has 2 aliphatic carbocycles. The average molecular weight is 390 g/mol. The van der Waals surface area contributed by atoms with E-state index in [0.29, 0.717) is 13.1 Å². The fourth-order valence-electron chi connectivity index (χ4n) is 3.61. The van der Waals surface area contributed by atoms with Crippen LogP contribution in [-0.2, 0) is 11.3 Å². The summed E-state index contributed by atoms with van der Waals surface area (Å²) in [6, 6.07) is 6.62. The molecule has 2 aliphatic rings. The number of carbonyl (C=O) groups excluding carboxylic acids is 1. The van der Waals surface area contributed by atoms with Crippen molar-refractivity contribution in [1.82, 2.24) is 15.1 Å². The van der Waals surface area contributed by atoms with Gasteiger partial charge in [0.05, 0.1) is 11.5 Å². The van der Waals surface area contributed by atoms with Gasteiger partial charge >= 0.3 is 12.0 Å². The number of hydrogen-bond acceptors (Lipinski definition) is 5. The first kappa shape index (κ1) is 20.1. The molecule has 0 aliphatic heterocycles. The molecule has 3 rings (SSSR count). The Morgan fingerprint density at radius 1 is 1.21 bits per heavy atom. The number of benzene rings is 1. The fourth-order valence-corrected chi connectivity index (χ4v) is 3.61. The predicted molar refractivity (Wildman–Crippen MR) is 102 cm³/mol. The molecule has 2 amide bonds. The van der Waals surface area contributed by atoms with Crippen LogP contribution < -0.4 is 5.32 Å². The molecule has 0 heterocycles. The first-order chi connectivity index (χ1) is 13.4. The van der Waals surface area contributed by atoms with Crippen LogP contribution in [0.2, 0.25) is 0 Å². The number of aliphatic carboxylic acids is 1. The van der Waals surface area contributed by atoms with Crippen LogP contribution in [0, 0.1) is 10.1 Å². The van der Waals surface area contributed by atoms with Crippen molar-refractivity contribution in [2.75, 3.05) is 13.1 Å². The molecule has 28 heavy (non-hydrogen) atoms. The second-order valence-corrected chi connectivity index (χ2v) is 7.51. The zero-order chi connectivity index (χ0) is 20.3. The summed E-state index contributed by atoms with van der Waals surface area (Å²) in [4.78, 5) is 37.7.